The highest BCUT2D eigenvalue weighted by molar-refractivity contribution is 7.09. The van der Waals surface area contributed by atoms with Crippen LogP contribution in [0.15, 0.2) is 34.4 Å². The largest absolute Gasteiger partial charge is 0.329 e. The van der Waals surface area contributed by atoms with Gasteiger partial charge >= 0.3 is 5.69 Å². The van der Waals surface area contributed by atoms with E-state index in [1.54, 1.807) is 20.5 Å². The molecule has 2 aromatic heterocycles. The van der Waals surface area contributed by atoms with Crippen LogP contribution in [0.5, 0.6) is 0 Å². The normalized spacial score (nSPS) is 11.3. The van der Waals surface area contributed by atoms with Gasteiger partial charge in [-0.1, -0.05) is 19.1 Å². The minimum Gasteiger partial charge on any atom is -0.295 e. The van der Waals surface area contributed by atoms with Crippen LogP contribution in [-0.2, 0) is 20.0 Å². The van der Waals surface area contributed by atoms with Crippen molar-refractivity contribution in [2.24, 2.45) is 7.05 Å². The van der Waals surface area contributed by atoms with Crippen LogP contribution >= 0.6 is 11.3 Å². The first-order chi connectivity index (χ1) is 9.70. The van der Waals surface area contributed by atoms with E-state index in [1.807, 2.05) is 31.3 Å². The molecule has 0 aliphatic rings. The highest BCUT2D eigenvalue weighted by Crippen LogP contribution is 2.16. The van der Waals surface area contributed by atoms with E-state index in [2.05, 4.69) is 17.3 Å². The van der Waals surface area contributed by atoms with Gasteiger partial charge in [-0.05, 0) is 25.0 Å². The minimum atomic E-state index is 0.0104. The van der Waals surface area contributed by atoms with E-state index in [9.17, 15) is 4.79 Å². The summed E-state index contributed by atoms with van der Waals surface area (Å²) in [4.78, 5) is 16.9. The summed E-state index contributed by atoms with van der Waals surface area (Å²) in [5, 5.41) is 3.20. The molecule has 0 bridgehead atoms. The molecule has 1 aromatic carbocycles. The number of aromatic nitrogens is 3. The molecule has 0 saturated heterocycles. The number of thiazole rings is 1. The molecule has 5 heteroatoms. The predicted octanol–water partition coefficient (Wildman–Crippen LogP) is 2.80. The summed E-state index contributed by atoms with van der Waals surface area (Å²) in [5.41, 5.74) is 2.90. The average molecular weight is 287 g/mol. The van der Waals surface area contributed by atoms with Crippen molar-refractivity contribution in [1.82, 2.24) is 14.1 Å². The molecule has 20 heavy (non-hydrogen) atoms. The quantitative estimate of drug-likeness (QED) is 0.740. The molecular weight excluding hydrogens is 270 g/mol. The van der Waals surface area contributed by atoms with E-state index >= 15 is 0 Å². The predicted molar refractivity (Wildman–Crippen MR) is 82.4 cm³/mol. The second-order valence-electron chi connectivity index (χ2n) is 4.90. The van der Waals surface area contributed by atoms with Crippen molar-refractivity contribution >= 4 is 22.4 Å². The van der Waals surface area contributed by atoms with Gasteiger partial charge in [0.25, 0.3) is 0 Å². The van der Waals surface area contributed by atoms with Gasteiger partial charge in [0, 0.05) is 12.4 Å². The van der Waals surface area contributed by atoms with Gasteiger partial charge in [0.15, 0.2) is 0 Å². The van der Waals surface area contributed by atoms with E-state index in [4.69, 9.17) is 0 Å². The first-order valence-electron chi connectivity index (χ1n) is 6.78. The third-order valence-electron chi connectivity index (χ3n) is 3.44. The van der Waals surface area contributed by atoms with Crippen molar-refractivity contribution < 1.29 is 0 Å². The zero-order chi connectivity index (χ0) is 14.1. The molecule has 3 rings (SSSR count). The molecule has 0 atom stereocenters. The first kappa shape index (κ1) is 13.1. The van der Waals surface area contributed by atoms with E-state index < -0.39 is 0 Å². The molecule has 0 spiro atoms. The van der Waals surface area contributed by atoms with E-state index in [0.29, 0.717) is 6.54 Å². The zero-order valence-electron chi connectivity index (χ0n) is 11.7. The SMILES string of the molecule is CCCc1nc(Cn2c(=O)n(C)c3ccccc32)cs1. The molecule has 0 radical (unpaired) electrons. The molecular formula is C15H17N3OS. The number of rotatable bonds is 4. The van der Waals surface area contributed by atoms with Crippen LogP contribution in [-0.4, -0.2) is 14.1 Å². The molecule has 104 valence electrons. The van der Waals surface area contributed by atoms with Crippen molar-refractivity contribution in [3.8, 4) is 0 Å². The van der Waals surface area contributed by atoms with E-state index in [1.165, 1.54) is 0 Å². The second kappa shape index (κ2) is 5.25. The Morgan fingerprint density at radius 3 is 2.75 bits per heavy atom. The summed E-state index contributed by atoms with van der Waals surface area (Å²) in [6.07, 6.45) is 2.11. The number of aryl methyl sites for hydroxylation is 2. The third-order valence-corrected chi connectivity index (χ3v) is 4.39. The standard InChI is InChI=1S/C15H17N3OS/c1-3-6-14-16-11(10-20-14)9-18-13-8-5-4-7-12(13)17(2)15(18)19/h4-5,7-8,10H,3,6,9H2,1-2H3. The Bertz CT molecular complexity index is 797. The molecule has 0 aliphatic carbocycles. The molecule has 3 aromatic rings. The molecule has 0 aliphatic heterocycles. The maximum absolute atomic E-state index is 12.3. The molecule has 0 unspecified atom stereocenters. The number of nitrogens with zero attached hydrogens (tertiary/aromatic N) is 3. The fourth-order valence-electron chi connectivity index (χ4n) is 2.43. The lowest BCUT2D eigenvalue weighted by Gasteiger charge is -2.00. The van der Waals surface area contributed by atoms with Crippen LogP contribution in [0.3, 0.4) is 0 Å². The lowest BCUT2D eigenvalue weighted by atomic mass is 10.3. The second-order valence-corrected chi connectivity index (χ2v) is 5.84. The van der Waals surface area contributed by atoms with Crippen molar-refractivity contribution in [3.05, 3.63) is 50.8 Å². The van der Waals surface area contributed by atoms with Gasteiger partial charge in [0.1, 0.15) is 0 Å². The lowest BCUT2D eigenvalue weighted by Crippen LogP contribution is -2.22. The maximum atomic E-state index is 12.3. The first-order valence-corrected chi connectivity index (χ1v) is 7.66. The Hall–Kier alpha value is -1.88. The molecule has 0 N–H and O–H groups in total. The lowest BCUT2D eigenvalue weighted by molar-refractivity contribution is 0.722. The smallest absolute Gasteiger partial charge is 0.295 e. The Morgan fingerprint density at radius 2 is 2.00 bits per heavy atom. The summed E-state index contributed by atoms with van der Waals surface area (Å²) in [6, 6.07) is 7.86. The molecule has 0 saturated carbocycles. The number of para-hydroxylation sites is 2. The third kappa shape index (κ3) is 2.18. The van der Waals surface area contributed by atoms with E-state index in [0.717, 1.165) is 34.6 Å². The summed E-state index contributed by atoms with van der Waals surface area (Å²) in [7, 11) is 1.81. The van der Waals surface area contributed by atoms with Crippen LogP contribution in [0.2, 0.25) is 0 Å². The van der Waals surface area contributed by atoms with Crippen LogP contribution < -0.4 is 5.69 Å². The Kier molecular flexibility index (Phi) is 3.44. The number of fused-ring (bicyclic) bond motifs is 1. The van der Waals surface area contributed by atoms with Gasteiger partial charge in [0.2, 0.25) is 0 Å². The number of hydrogen-bond acceptors (Lipinski definition) is 3. The van der Waals surface area contributed by atoms with Crippen LogP contribution in [0.1, 0.15) is 24.0 Å². The van der Waals surface area contributed by atoms with E-state index in [-0.39, 0.29) is 5.69 Å². The maximum Gasteiger partial charge on any atom is 0.329 e. The Balaban J connectivity index is 2.02. The number of hydrogen-bond donors (Lipinski definition) is 0. The van der Waals surface area contributed by atoms with Crippen molar-refractivity contribution in [2.75, 3.05) is 0 Å². The molecule has 0 amide bonds. The van der Waals surface area contributed by atoms with Gasteiger partial charge in [-0.3, -0.25) is 9.13 Å². The summed E-state index contributed by atoms with van der Waals surface area (Å²) in [5.74, 6) is 0. The van der Waals surface area contributed by atoms with Gasteiger partial charge in [-0.25, -0.2) is 9.78 Å². The van der Waals surface area contributed by atoms with Gasteiger partial charge in [-0.15, -0.1) is 11.3 Å². The highest BCUT2D eigenvalue weighted by atomic mass is 32.1. The number of imidazole rings is 1. The molecule has 2 heterocycles. The average Bonchev–Trinajstić information content (AvgIpc) is 2.99. The van der Waals surface area contributed by atoms with Crippen molar-refractivity contribution in [1.29, 1.82) is 0 Å². The number of benzene rings is 1. The van der Waals surface area contributed by atoms with Crippen molar-refractivity contribution in [3.63, 3.8) is 0 Å². The molecule has 0 fully saturated rings. The molecule has 4 nitrogen and oxygen atoms in total. The Labute approximate surface area is 121 Å². The zero-order valence-corrected chi connectivity index (χ0v) is 12.5. The summed E-state index contributed by atoms with van der Waals surface area (Å²) in [6.45, 7) is 2.69. The van der Waals surface area contributed by atoms with Gasteiger partial charge < -0.3 is 0 Å². The van der Waals surface area contributed by atoms with Gasteiger partial charge in [0.05, 0.1) is 28.3 Å². The van der Waals surface area contributed by atoms with Crippen LogP contribution in [0, 0.1) is 0 Å². The summed E-state index contributed by atoms with van der Waals surface area (Å²) >= 11 is 1.68. The van der Waals surface area contributed by atoms with Gasteiger partial charge in [-0.2, -0.15) is 0 Å². The highest BCUT2D eigenvalue weighted by Gasteiger charge is 2.11. The minimum absolute atomic E-state index is 0.0104. The fourth-order valence-corrected chi connectivity index (χ4v) is 3.32. The topological polar surface area (TPSA) is 39.8 Å². The van der Waals surface area contributed by atoms with Crippen molar-refractivity contribution in [2.45, 2.75) is 26.3 Å². The fraction of sp³-hybridized carbons (Fsp3) is 0.333. The summed E-state index contributed by atoms with van der Waals surface area (Å²) < 4.78 is 3.48. The van der Waals surface area contributed by atoms with Crippen LogP contribution in [0.4, 0.5) is 0 Å². The van der Waals surface area contributed by atoms with Crippen LogP contribution in [0.25, 0.3) is 11.0 Å². The monoisotopic (exact) mass is 287 g/mol. The Morgan fingerprint density at radius 1 is 1.25 bits per heavy atom.